The van der Waals surface area contributed by atoms with Gasteiger partial charge in [-0.3, -0.25) is 4.79 Å². The second-order valence-electron chi connectivity index (χ2n) is 5.51. The molecule has 1 saturated carbocycles. The maximum Gasteiger partial charge on any atom is 0.350 e. The molecule has 1 N–H and O–H groups in total. The lowest BCUT2D eigenvalue weighted by Gasteiger charge is -2.11. The molecule has 0 radical (unpaired) electrons. The molecule has 1 fully saturated rings. The van der Waals surface area contributed by atoms with Gasteiger partial charge in [0.2, 0.25) is 0 Å². The maximum absolute atomic E-state index is 12.2. The van der Waals surface area contributed by atoms with Crippen LogP contribution in [0.4, 0.5) is 0 Å². The van der Waals surface area contributed by atoms with E-state index in [1.165, 1.54) is 11.3 Å². The van der Waals surface area contributed by atoms with Gasteiger partial charge < -0.3 is 10.1 Å². The number of ether oxygens (including phenoxy) is 1. The van der Waals surface area contributed by atoms with Crippen LogP contribution in [0.1, 0.15) is 35.4 Å². The minimum atomic E-state index is -0.589. The summed E-state index contributed by atoms with van der Waals surface area (Å²) in [5.41, 5.74) is 0. The van der Waals surface area contributed by atoms with Gasteiger partial charge in [-0.2, -0.15) is 0 Å². The quantitative estimate of drug-likeness (QED) is 0.809. The molecular weight excluding hydrogens is 357 g/mol. The van der Waals surface area contributed by atoms with Crippen LogP contribution in [0.15, 0.2) is 18.2 Å². The number of thiophene rings is 1. The van der Waals surface area contributed by atoms with Gasteiger partial charge in [0.1, 0.15) is 4.88 Å². The third-order valence-electron chi connectivity index (χ3n) is 3.83. The molecule has 0 saturated heterocycles. The fourth-order valence-electron chi connectivity index (χ4n) is 2.71. The normalized spacial score (nSPS) is 15.0. The monoisotopic (exact) mass is 371 g/mol. The van der Waals surface area contributed by atoms with E-state index in [4.69, 9.17) is 27.9 Å². The average Bonchev–Trinajstić information content (AvgIpc) is 3.13. The number of carbonyl (C=O) groups excluding carboxylic acids is 2. The van der Waals surface area contributed by atoms with Crippen LogP contribution in [0.2, 0.25) is 10.0 Å². The van der Waals surface area contributed by atoms with E-state index < -0.39 is 5.97 Å². The van der Waals surface area contributed by atoms with Crippen molar-refractivity contribution in [2.75, 3.05) is 6.61 Å². The van der Waals surface area contributed by atoms with E-state index in [0.29, 0.717) is 10.0 Å². The summed E-state index contributed by atoms with van der Waals surface area (Å²) in [6.07, 6.45) is 4.24. The van der Waals surface area contributed by atoms with E-state index in [9.17, 15) is 9.59 Å². The fourth-order valence-corrected chi connectivity index (χ4v) is 4.38. The zero-order valence-electron chi connectivity index (χ0n) is 12.2. The molecular formula is C16H15Cl2NO3S. The third-order valence-corrected chi connectivity index (χ3v) is 5.70. The molecule has 3 rings (SSSR count). The summed E-state index contributed by atoms with van der Waals surface area (Å²) in [4.78, 5) is 24.2. The zero-order valence-corrected chi connectivity index (χ0v) is 14.6. The van der Waals surface area contributed by atoms with E-state index in [0.717, 1.165) is 35.8 Å². The first-order valence-corrected chi connectivity index (χ1v) is 8.96. The first kappa shape index (κ1) is 16.6. The van der Waals surface area contributed by atoms with Crippen molar-refractivity contribution in [3.8, 4) is 0 Å². The maximum atomic E-state index is 12.2. The second kappa shape index (κ2) is 7.07. The molecule has 7 heteroatoms. The number of hydrogen-bond acceptors (Lipinski definition) is 4. The molecule has 0 spiro atoms. The van der Waals surface area contributed by atoms with E-state index in [-0.39, 0.29) is 23.4 Å². The van der Waals surface area contributed by atoms with Gasteiger partial charge in [-0.1, -0.05) is 42.1 Å². The molecule has 1 aromatic carbocycles. The molecule has 1 heterocycles. The molecule has 2 aromatic rings. The highest BCUT2D eigenvalue weighted by Crippen LogP contribution is 2.37. The van der Waals surface area contributed by atoms with Crippen LogP contribution in [0.3, 0.4) is 0 Å². The Morgan fingerprint density at radius 2 is 2.00 bits per heavy atom. The first-order valence-electron chi connectivity index (χ1n) is 7.38. The van der Waals surface area contributed by atoms with Crippen LogP contribution in [-0.4, -0.2) is 24.5 Å². The number of halogens is 2. The predicted molar refractivity (Wildman–Crippen MR) is 92.5 cm³/mol. The highest BCUT2D eigenvalue weighted by Gasteiger charge is 2.21. The lowest BCUT2D eigenvalue weighted by atomic mass is 10.2. The van der Waals surface area contributed by atoms with Crippen molar-refractivity contribution < 1.29 is 14.3 Å². The molecule has 4 nitrogen and oxygen atoms in total. The van der Waals surface area contributed by atoms with Crippen LogP contribution in [0.25, 0.3) is 10.1 Å². The van der Waals surface area contributed by atoms with E-state index in [2.05, 4.69) is 5.32 Å². The van der Waals surface area contributed by atoms with Gasteiger partial charge in [0.15, 0.2) is 6.61 Å². The highest BCUT2D eigenvalue weighted by molar-refractivity contribution is 7.21. The summed E-state index contributed by atoms with van der Waals surface area (Å²) in [5, 5.41) is 4.54. The molecule has 23 heavy (non-hydrogen) atoms. The van der Waals surface area contributed by atoms with Crippen LogP contribution in [0, 0.1) is 0 Å². The Hall–Kier alpha value is -1.30. The van der Waals surface area contributed by atoms with Crippen molar-refractivity contribution in [1.29, 1.82) is 0 Å². The summed E-state index contributed by atoms with van der Waals surface area (Å²) < 4.78 is 5.89. The summed E-state index contributed by atoms with van der Waals surface area (Å²) in [6.45, 7) is -0.291. The number of amides is 1. The van der Waals surface area contributed by atoms with Crippen molar-refractivity contribution in [1.82, 2.24) is 5.32 Å². The number of hydrogen-bond donors (Lipinski definition) is 1. The molecule has 0 bridgehead atoms. The van der Waals surface area contributed by atoms with Crippen LogP contribution >= 0.6 is 34.5 Å². The molecule has 1 aromatic heterocycles. The largest absolute Gasteiger partial charge is 0.451 e. The fraction of sp³-hybridized carbons (Fsp3) is 0.375. The minimum Gasteiger partial charge on any atom is -0.451 e. The van der Waals surface area contributed by atoms with Crippen molar-refractivity contribution in [3.05, 3.63) is 33.1 Å². The second-order valence-corrected chi connectivity index (χ2v) is 7.38. The summed E-state index contributed by atoms with van der Waals surface area (Å²) in [5.74, 6) is -0.862. The van der Waals surface area contributed by atoms with Gasteiger partial charge >= 0.3 is 5.97 Å². The SMILES string of the molecule is O=C(COC(=O)c1sc2cc(Cl)ccc2c1Cl)NC1CCCC1. The van der Waals surface area contributed by atoms with Crippen molar-refractivity contribution in [3.63, 3.8) is 0 Å². The molecule has 1 aliphatic rings. The standard InChI is InChI=1S/C16H15Cl2NO3S/c17-9-5-6-11-12(7-9)23-15(14(11)18)16(21)22-8-13(20)19-10-3-1-2-4-10/h5-7,10H,1-4,8H2,(H,19,20). The van der Waals surface area contributed by atoms with Gasteiger partial charge in [0.05, 0.1) is 5.02 Å². The Balaban J connectivity index is 1.63. The van der Waals surface area contributed by atoms with Gasteiger partial charge in [-0.15, -0.1) is 11.3 Å². The Bertz CT molecular complexity index is 753. The van der Waals surface area contributed by atoms with E-state index in [1.807, 2.05) is 0 Å². The van der Waals surface area contributed by atoms with Gasteiger partial charge in [-0.25, -0.2) is 4.79 Å². The van der Waals surface area contributed by atoms with E-state index in [1.54, 1.807) is 18.2 Å². The number of carbonyl (C=O) groups is 2. The van der Waals surface area contributed by atoms with Crippen molar-refractivity contribution >= 4 is 56.5 Å². The summed E-state index contributed by atoms with van der Waals surface area (Å²) in [7, 11) is 0. The molecule has 1 aliphatic carbocycles. The summed E-state index contributed by atoms with van der Waals surface area (Å²) >= 11 is 13.4. The smallest absolute Gasteiger partial charge is 0.350 e. The minimum absolute atomic E-state index is 0.205. The Morgan fingerprint density at radius 3 is 2.74 bits per heavy atom. The number of fused-ring (bicyclic) bond motifs is 1. The average molecular weight is 372 g/mol. The van der Waals surface area contributed by atoms with Gasteiger partial charge in [-0.05, 0) is 25.0 Å². The summed E-state index contributed by atoms with van der Waals surface area (Å²) in [6, 6.07) is 5.43. The van der Waals surface area contributed by atoms with Crippen molar-refractivity contribution in [2.24, 2.45) is 0 Å². The number of esters is 1. The number of benzene rings is 1. The number of rotatable bonds is 4. The van der Waals surface area contributed by atoms with Gasteiger partial charge in [0.25, 0.3) is 5.91 Å². The Labute approximate surface area is 147 Å². The van der Waals surface area contributed by atoms with Crippen LogP contribution in [-0.2, 0) is 9.53 Å². The molecule has 0 aliphatic heterocycles. The lowest BCUT2D eigenvalue weighted by molar-refractivity contribution is -0.124. The third kappa shape index (κ3) is 3.79. The predicted octanol–water partition coefficient (Wildman–Crippen LogP) is 4.42. The van der Waals surface area contributed by atoms with Crippen molar-refractivity contribution in [2.45, 2.75) is 31.7 Å². The van der Waals surface area contributed by atoms with Crippen LogP contribution < -0.4 is 5.32 Å². The first-order chi connectivity index (χ1) is 11.0. The zero-order chi connectivity index (χ0) is 16.4. The Kier molecular flexibility index (Phi) is 5.09. The molecule has 0 unspecified atom stereocenters. The topological polar surface area (TPSA) is 55.4 Å². The van der Waals surface area contributed by atoms with Gasteiger partial charge in [0, 0.05) is 21.2 Å². The Morgan fingerprint density at radius 1 is 1.26 bits per heavy atom. The van der Waals surface area contributed by atoms with Crippen LogP contribution in [0.5, 0.6) is 0 Å². The lowest BCUT2D eigenvalue weighted by Crippen LogP contribution is -2.35. The number of nitrogens with one attached hydrogen (secondary N) is 1. The van der Waals surface area contributed by atoms with E-state index >= 15 is 0 Å². The molecule has 1 amide bonds. The highest BCUT2D eigenvalue weighted by atomic mass is 35.5. The molecule has 122 valence electrons. The molecule has 0 atom stereocenters.